The number of benzene rings is 1. The third kappa shape index (κ3) is 2.03. The normalized spacial score (nSPS) is 10.6. The summed E-state index contributed by atoms with van der Waals surface area (Å²) in [5.74, 6) is -0.0159. The van der Waals surface area contributed by atoms with Crippen molar-refractivity contribution < 1.29 is 4.39 Å². The first-order valence-corrected chi connectivity index (χ1v) is 5.61. The molecule has 1 aromatic carbocycles. The van der Waals surface area contributed by atoms with Crippen LogP contribution in [0.2, 0.25) is 0 Å². The number of hydrogen-bond donors (Lipinski definition) is 2. The first-order valence-electron chi connectivity index (χ1n) is 5.61. The van der Waals surface area contributed by atoms with E-state index >= 15 is 0 Å². The van der Waals surface area contributed by atoms with Crippen LogP contribution in [0.5, 0.6) is 0 Å². The van der Waals surface area contributed by atoms with Gasteiger partial charge in [-0.25, -0.2) is 14.4 Å². The Bertz CT molecular complexity index is 708. The Balaban J connectivity index is 2.20. The quantitative estimate of drug-likeness (QED) is 0.736. The number of aromatic amines is 1. The summed E-state index contributed by atoms with van der Waals surface area (Å²) in [6, 6.07) is 6.19. The molecular formula is C13H10FN5. The summed E-state index contributed by atoms with van der Waals surface area (Å²) in [5.41, 5.74) is 8.57. The van der Waals surface area contributed by atoms with Gasteiger partial charge in [-0.15, -0.1) is 0 Å². The number of rotatable bonds is 2. The zero-order valence-electron chi connectivity index (χ0n) is 9.84. The number of hydrogen-bond acceptors (Lipinski definition) is 4. The summed E-state index contributed by atoms with van der Waals surface area (Å²) in [6.07, 6.45) is 4.72. The molecule has 0 atom stereocenters. The van der Waals surface area contributed by atoms with Crippen LogP contribution in [0.15, 0.2) is 43.0 Å². The van der Waals surface area contributed by atoms with Crippen molar-refractivity contribution in [3.63, 3.8) is 0 Å². The Kier molecular flexibility index (Phi) is 2.68. The highest BCUT2D eigenvalue weighted by Gasteiger charge is 2.15. The van der Waals surface area contributed by atoms with Gasteiger partial charge in [-0.3, -0.25) is 5.10 Å². The van der Waals surface area contributed by atoms with Crippen molar-refractivity contribution in [1.82, 2.24) is 20.2 Å². The molecule has 3 rings (SSSR count). The molecule has 0 saturated carbocycles. The smallest absolute Gasteiger partial charge is 0.153 e. The first kappa shape index (κ1) is 11.3. The topological polar surface area (TPSA) is 80.5 Å². The van der Waals surface area contributed by atoms with Crippen LogP contribution >= 0.6 is 0 Å². The second kappa shape index (κ2) is 4.49. The predicted octanol–water partition coefficient (Wildman–Crippen LogP) is 2.25. The van der Waals surface area contributed by atoms with Gasteiger partial charge in [0.2, 0.25) is 0 Å². The van der Waals surface area contributed by atoms with E-state index in [9.17, 15) is 4.39 Å². The maximum absolute atomic E-state index is 13.3. The molecular weight excluding hydrogens is 245 g/mol. The highest BCUT2D eigenvalue weighted by molar-refractivity contribution is 5.87. The molecule has 0 bridgehead atoms. The van der Waals surface area contributed by atoms with Gasteiger partial charge in [0.05, 0.1) is 11.3 Å². The van der Waals surface area contributed by atoms with Crippen molar-refractivity contribution in [3.05, 3.63) is 48.8 Å². The molecule has 3 aromatic rings. The fourth-order valence-electron chi connectivity index (χ4n) is 1.93. The molecule has 0 amide bonds. The number of H-pyrrole nitrogens is 1. The lowest BCUT2D eigenvalue weighted by Crippen LogP contribution is -1.90. The lowest BCUT2D eigenvalue weighted by Gasteiger charge is -2.04. The second-order valence-electron chi connectivity index (χ2n) is 4.00. The molecule has 94 valence electrons. The number of nitrogens with one attached hydrogen (secondary N) is 1. The number of nitrogen functional groups attached to an aromatic ring is 1. The molecule has 3 N–H and O–H groups in total. The minimum atomic E-state index is -0.326. The fourth-order valence-corrected chi connectivity index (χ4v) is 1.93. The molecule has 19 heavy (non-hydrogen) atoms. The molecule has 6 heteroatoms. The van der Waals surface area contributed by atoms with Gasteiger partial charge in [-0.2, -0.15) is 5.10 Å². The van der Waals surface area contributed by atoms with Crippen LogP contribution in [0.1, 0.15) is 0 Å². The molecule has 0 aliphatic rings. The molecule has 2 aromatic heterocycles. The van der Waals surface area contributed by atoms with Gasteiger partial charge in [0.25, 0.3) is 0 Å². The van der Waals surface area contributed by atoms with E-state index in [2.05, 4.69) is 20.2 Å². The van der Waals surface area contributed by atoms with Gasteiger partial charge in [0, 0.05) is 18.0 Å². The largest absolute Gasteiger partial charge is 0.382 e. The van der Waals surface area contributed by atoms with Gasteiger partial charge in [-0.05, 0) is 17.7 Å². The Morgan fingerprint density at radius 1 is 1.11 bits per heavy atom. The van der Waals surface area contributed by atoms with Gasteiger partial charge in [0.15, 0.2) is 5.82 Å². The Morgan fingerprint density at radius 2 is 1.89 bits per heavy atom. The molecule has 0 fully saturated rings. The number of halogens is 1. The Morgan fingerprint density at radius 3 is 2.63 bits per heavy atom. The molecule has 0 radical (unpaired) electrons. The van der Waals surface area contributed by atoms with E-state index < -0.39 is 0 Å². The van der Waals surface area contributed by atoms with E-state index in [0.29, 0.717) is 22.6 Å². The Labute approximate surface area is 108 Å². The number of aromatic nitrogens is 4. The maximum atomic E-state index is 13.3. The van der Waals surface area contributed by atoms with Crippen molar-refractivity contribution in [2.45, 2.75) is 0 Å². The molecule has 0 aliphatic heterocycles. The molecule has 0 spiro atoms. The summed E-state index contributed by atoms with van der Waals surface area (Å²) in [5, 5.41) is 6.80. The van der Waals surface area contributed by atoms with E-state index in [1.54, 1.807) is 24.5 Å². The van der Waals surface area contributed by atoms with Crippen LogP contribution in [-0.2, 0) is 0 Å². The van der Waals surface area contributed by atoms with Crippen LogP contribution in [-0.4, -0.2) is 20.2 Å². The van der Waals surface area contributed by atoms with E-state index in [4.69, 9.17) is 5.73 Å². The minimum Gasteiger partial charge on any atom is -0.382 e. The van der Waals surface area contributed by atoms with Crippen molar-refractivity contribution in [3.8, 4) is 22.4 Å². The van der Waals surface area contributed by atoms with Crippen molar-refractivity contribution in [2.24, 2.45) is 0 Å². The standard InChI is InChI=1S/C13H10FN5/c14-10-3-1-2-8(4-10)11-12(18-19-13(11)15)9-5-16-7-17-6-9/h1-7H,(H3,15,18,19). The highest BCUT2D eigenvalue weighted by atomic mass is 19.1. The van der Waals surface area contributed by atoms with E-state index in [0.717, 1.165) is 5.56 Å². The first-order chi connectivity index (χ1) is 9.25. The van der Waals surface area contributed by atoms with Gasteiger partial charge >= 0.3 is 0 Å². The van der Waals surface area contributed by atoms with E-state index in [1.807, 2.05) is 0 Å². The zero-order chi connectivity index (χ0) is 13.2. The SMILES string of the molecule is Nc1n[nH]c(-c2cncnc2)c1-c1cccc(F)c1. The average molecular weight is 255 g/mol. The lowest BCUT2D eigenvalue weighted by molar-refractivity contribution is 0.628. The number of nitrogens with two attached hydrogens (primary N) is 1. The summed E-state index contributed by atoms with van der Waals surface area (Å²) in [7, 11) is 0. The van der Waals surface area contributed by atoms with Crippen LogP contribution in [0.3, 0.4) is 0 Å². The summed E-state index contributed by atoms with van der Waals surface area (Å²) in [4.78, 5) is 7.90. The number of anilines is 1. The third-order valence-corrected chi connectivity index (χ3v) is 2.76. The second-order valence-corrected chi connectivity index (χ2v) is 4.00. The van der Waals surface area contributed by atoms with Gasteiger partial charge < -0.3 is 5.73 Å². The maximum Gasteiger partial charge on any atom is 0.153 e. The average Bonchev–Trinajstić information content (AvgIpc) is 2.82. The van der Waals surface area contributed by atoms with Crippen LogP contribution in [0.4, 0.5) is 10.2 Å². The zero-order valence-corrected chi connectivity index (χ0v) is 9.84. The minimum absolute atomic E-state index is 0.310. The molecule has 2 heterocycles. The lowest BCUT2D eigenvalue weighted by atomic mass is 10.0. The van der Waals surface area contributed by atoms with Crippen LogP contribution in [0, 0.1) is 5.82 Å². The summed E-state index contributed by atoms with van der Waals surface area (Å²) in [6.45, 7) is 0. The molecule has 5 nitrogen and oxygen atoms in total. The van der Waals surface area contributed by atoms with Crippen LogP contribution in [0.25, 0.3) is 22.4 Å². The van der Waals surface area contributed by atoms with Gasteiger partial charge in [0.1, 0.15) is 12.1 Å². The van der Waals surface area contributed by atoms with Gasteiger partial charge in [-0.1, -0.05) is 12.1 Å². The third-order valence-electron chi connectivity index (χ3n) is 2.76. The number of nitrogens with zero attached hydrogens (tertiary/aromatic N) is 3. The molecule has 0 saturated heterocycles. The van der Waals surface area contributed by atoms with E-state index in [1.165, 1.54) is 18.5 Å². The molecule has 0 unspecified atom stereocenters. The predicted molar refractivity (Wildman–Crippen MR) is 69.4 cm³/mol. The fraction of sp³-hybridized carbons (Fsp3) is 0. The van der Waals surface area contributed by atoms with Crippen molar-refractivity contribution in [2.75, 3.05) is 5.73 Å². The highest BCUT2D eigenvalue weighted by Crippen LogP contribution is 2.34. The van der Waals surface area contributed by atoms with Crippen molar-refractivity contribution >= 4 is 5.82 Å². The summed E-state index contributed by atoms with van der Waals surface area (Å²) < 4.78 is 13.3. The van der Waals surface area contributed by atoms with Crippen molar-refractivity contribution in [1.29, 1.82) is 0 Å². The van der Waals surface area contributed by atoms with E-state index in [-0.39, 0.29) is 5.82 Å². The monoisotopic (exact) mass is 255 g/mol. The van der Waals surface area contributed by atoms with Crippen LogP contribution < -0.4 is 5.73 Å². The Hall–Kier alpha value is -2.76. The summed E-state index contributed by atoms with van der Waals surface area (Å²) >= 11 is 0. The molecule has 0 aliphatic carbocycles.